The maximum atomic E-state index is 13.5. The molecule has 0 saturated carbocycles. The Morgan fingerprint density at radius 2 is 1.49 bits per heavy atom. The largest absolute Gasteiger partial charge is 0.505 e. The Kier molecular flexibility index (Phi) is 17.0. The Morgan fingerprint density at radius 1 is 0.843 bits per heavy atom. The Balaban J connectivity index is 0.00000143. The minimum absolute atomic E-state index is 0.0301. The zero-order valence-electron chi connectivity index (χ0n) is 29.4. The zero-order valence-corrected chi connectivity index (χ0v) is 31.0. The summed E-state index contributed by atoms with van der Waals surface area (Å²) in [6, 6.07) is 18.3. The molecule has 1 amide bonds. The van der Waals surface area contributed by atoms with E-state index in [-0.39, 0.29) is 38.6 Å². The van der Waals surface area contributed by atoms with Gasteiger partial charge in [0.15, 0.2) is 5.75 Å². The van der Waals surface area contributed by atoms with Gasteiger partial charge in [0.1, 0.15) is 17.3 Å². The molecule has 0 saturated heterocycles. The molecule has 0 bridgehead atoms. The smallest absolute Gasteiger partial charge is 0.294 e. The van der Waals surface area contributed by atoms with Crippen LogP contribution in [-0.2, 0) is 19.5 Å². The fourth-order valence-corrected chi connectivity index (χ4v) is 5.29. The van der Waals surface area contributed by atoms with Crippen molar-refractivity contribution < 1.29 is 37.5 Å². The monoisotopic (exact) mass is 739 g/mol. The number of azo groups is 1. The first-order valence-electron chi connectivity index (χ1n) is 15.8. The summed E-state index contributed by atoms with van der Waals surface area (Å²) in [4.78, 5) is 25.5. The first kappa shape index (κ1) is 42.1. The molecular weight excluding hydrogens is 699 g/mol. The molecule has 1 aromatic heterocycles. The highest BCUT2D eigenvalue weighted by atomic mass is 32.2. The minimum atomic E-state index is -4.77. The summed E-state index contributed by atoms with van der Waals surface area (Å²) in [5.74, 6) is 0.0749. The average molecular weight is 740 g/mol. The van der Waals surface area contributed by atoms with E-state index in [0.717, 1.165) is 12.1 Å². The number of aromatic nitrogens is 3. The molecule has 0 aliphatic heterocycles. The van der Waals surface area contributed by atoms with Crippen LogP contribution >= 0.6 is 12.0 Å². The molecule has 0 aliphatic rings. The van der Waals surface area contributed by atoms with E-state index in [9.17, 15) is 22.9 Å². The average Bonchev–Trinajstić information content (AvgIpc) is 3.12. The molecule has 0 atom stereocenters. The van der Waals surface area contributed by atoms with Gasteiger partial charge in [-0.05, 0) is 67.8 Å². The summed E-state index contributed by atoms with van der Waals surface area (Å²) < 4.78 is 38.7. The predicted molar refractivity (Wildman–Crippen MR) is 198 cm³/mol. The number of anilines is 3. The van der Waals surface area contributed by atoms with Crippen molar-refractivity contribution in [1.82, 2.24) is 15.0 Å². The standard InChI is InChI=1S/C28H23N7O8S2.3C2H6/c1-15-29-16(2)31-28(30-15)32-20-10-6-7-17(11-20)27(37)33-22-14-21(45(39,40)41)12-18-13-23(44-43-42-38)25(26(36)24(18)22)35-34-19-8-4-3-5-9-19;3*1-2/h3-14,36,38H,1-2H3,(H,33,37)(H,39,40,41)(H,29,30,31,32);3*1-2H3. The van der Waals surface area contributed by atoms with Crippen LogP contribution in [0.3, 0.4) is 0 Å². The van der Waals surface area contributed by atoms with E-state index in [2.05, 4.69) is 45.2 Å². The second-order valence-corrected chi connectivity index (χ2v) is 11.5. The number of aromatic hydroxyl groups is 1. The van der Waals surface area contributed by atoms with E-state index in [1.54, 1.807) is 56.3 Å². The molecule has 5 rings (SSSR count). The predicted octanol–water partition coefficient (Wildman–Crippen LogP) is 9.51. The molecule has 4 aromatic carbocycles. The maximum Gasteiger partial charge on any atom is 0.294 e. The topological polar surface area (TPSA) is 218 Å². The summed E-state index contributed by atoms with van der Waals surface area (Å²) in [6.45, 7) is 15.4. The van der Waals surface area contributed by atoms with Crippen molar-refractivity contribution >= 4 is 67.5 Å². The van der Waals surface area contributed by atoms with E-state index in [4.69, 9.17) is 5.26 Å². The summed E-state index contributed by atoms with van der Waals surface area (Å²) in [5.41, 5.74) is 0.744. The third-order valence-corrected chi connectivity index (χ3v) is 7.54. The van der Waals surface area contributed by atoms with Gasteiger partial charge in [-0.25, -0.2) is 10.2 Å². The van der Waals surface area contributed by atoms with Crippen molar-refractivity contribution in [3.8, 4) is 5.75 Å². The van der Waals surface area contributed by atoms with Crippen molar-refractivity contribution in [2.24, 2.45) is 10.2 Å². The van der Waals surface area contributed by atoms with E-state index in [0.29, 0.717) is 35.1 Å². The molecule has 51 heavy (non-hydrogen) atoms. The van der Waals surface area contributed by atoms with Crippen LogP contribution in [0.1, 0.15) is 63.5 Å². The Bertz CT molecular complexity index is 2030. The van der Waals surface area contributed by atoms with Gasteiger partial charge in [0.25, 0.3) is 16.0 Å². The van der Waals surface area contributed by atoms with E-state index in [1.807, 2.05) is 41.5 Å². The number of nitrogens with zero attached hydrogens (tertiary/aromatic N) is 5. The first-order valence-corrected chi connectivity index (χ1v) is 18.0. The number of rotatable bonds is 10. The van der Waals surface area contributed by atoms with Crippen molar-refractivity contribution in [3.63, 3.8) is 0 Å². The van der Waals surface area contributed by atoms with Crippen LogP contribution in [0.4, 0.5) is 28.7 Å². The molecule has 5 N–H and O–H groups in total. The molecule has 0 unspecified atom stereocenters. The van der Waals surface area contributed by atoms with Crippen molar-refractivity contribution in [2.75, 3.05) is 10.6 Å². The number of nitrogens with one attached hydrogen (secondary N) is 2. The number of carbonyl (C=O) groups excluding carboxylic acids is 1. The highest BCUT2D eigenvalue weighted by molar-refractivity contribution is 7.94. The van der Waals surface area contributed by atoms with Crippen LogP contribution in [0.15, 0.2) is 92.8 Å². The normalized spacial score (nSPS) is 10.6. The Morgan fingerprint density at radius 3 is 2.10 bits per heavy atom. The summed E-state index contributed by atoms with van der Waals surface area (Å²) in [6.07, 6.45) is 0. The van der Waals surface area contributed by atoms with Crippen LogP contribution in [-0.4, -0.2) is 44.2 Å². The van der Waals surface area contributed by atoms with Crippen LogP contribution < -0.4 is 10.6 Å². The number of phenols is 1. The van der Waals surface area contributed by atoms with Crippen molar-refractivity contribution in [1.29, 1.82) is 0 Å². The number of phenolic OH excluding ortho intramolecular Hbond substituents is 1. The molecule has 0 fully saturated rings. The second kappa shape index (κ2) is 20.6. The number of benzene rings is 4. The molecule has 0 spiro atoms. The molecule has 0 aliphatic carbocycles. The zero-order chi connectivity index (χ0) is 38.1. The maximum absolute atomic E-state index is 13.5. The fraction of sp³-hybridized carbons (Fsp3) is 0.235. The lowest BCUT2D eigenvalue weighted by molar-refractivity contribution is -0.432. The summed E-state index contributed by atoms with van der Waals surface area (Å²) >= 11 is 0.439. The van der Waals surface area contributed by atoms with Crippen molar-refractivity contribution in [2.45, 2.75) is 65.2 Å². The minimum Gasteiger partial charge on any atom is -0.505 e. The third kappa shape index (κ3) is 11.8. The van der Waals surface area contributed by atoms with Gasteiger partial charge in [-0.15, -0.1) is 9.45 Å². The number of fused-ring (bicyclic) bond motifs is 1. The van der Waals surface area contributed by atoms with E-state index >= 15 is 0 Å². The van der Waals surface area contributed by atoms with Gasteiger partial charge in [-0.1, -0.05) is 70.8 Å². The Hall–Kier alpha value is -5.04. The van der Waals surface area contributed by atoms with Gasteiger partial charge in [0.05, 0.1) is 33.2 Å². The molecule has 1 heterocycles. The molecule has 15 nitrogen and oxygen atoms in total. The number of carbonyl (C=O) groups is 1. The third-order valence-electron chi connectivity index (χ3n) is 6.09. The molecule has 272 valence electrons. The van der Waals surface area contributed by atoms with Gasteiger partial charge >= 0.3 is 0 Å². The lowest BCUT2D eigenvalue weighted by atomic mass is 10.1. The second-order valence-electron chi connectivity index (χ2n) is 9.29. The van der Waals surface area contributed by atoms with E-state index in [1.165, 1.54) is 18.2 Å². The van der Waals surface area contributed by atoms with Crippen molar-refractivity contribution in [3.05, 3.63) is 90.0 Å². The highest BCUT2D eigenvalue weighted by Crippen LogP contribution is 2.47. The van der Waals surface area contributed by atoms with Crippen LogP contribution in [0.5, 0.6) is 5.75 Å². The van der Waals surface area contributed by atoms with Gasteiger partial charge in [0.2, 0.25) is 5.95 Å². The van der Waals surface area contributed by atoms with Gasteiger partial charge in [-0.2, -0.15) is 23.5 Å². The summed E-state index contributed by atoms with van der Waals surface area (Å²) in [7, 11) is -4.77. The number of hydrogen-bond donors (Lipinski definition) is 5. The van der Waals surface area contributed by atoms with Gasteiger partial charge < -0.3 is 15.7 Å². The van der Waals surface area contributed by atoms with Crippen LogP contribution in [0, 0.1) is 13.8 Å². The number of amides is 1. The number of aryl methyl sites for hydroxylation is 2. The number of hydrogen-bond acceptors (Lipinski definition) is 14. The molecule has 0 radical (unpaired) electrons. The lowest BCUT2D eigenvalue weighted by Gasteiger charge is -2.15. The quantitative estimate of drug-likeness (QED) is 0.0297. The lowest BCUT2D eigenvalue weighted by Crippen LogP contribution is -2.13. The SMILES string of the molecule is CC.CC.CC.Cc1nc(C)nc(Nc2cccc(C(=O)Nc3cc(S(=O)(=O)O)cc4cc(SOOO)c(N=Nc5ccccc5)c(O)c34)c2)n1. The van der Waals surface area contributed by atoms with E-state index < -0.39 is 26.7 Å². The molecule has 17 heteroatoms. The van der Waals surface area contributed by atoms with Crippen LogP contribution in [0.25, 0.3) is 10.8 Å². The first-order chi connectivity index (χ1) is 24.5. The summed E-state index contributed by atoms with van der Waals surface area (Å²) in [5, 5.41) is 37.7. The molecule has 5 aromatic rings. The van der Waals surface area contributed by atoms with Gasteiger partial charge in [-0.3, -0.25) is 9.35 Å². The Labute approximate surface area is 301 Å². The van der Waals surface area contributed by atoms with Gasteiger partial charge in [0, 0.05) is 16.6 Å². The fourth-order valence-electron chi connectivity index (χ4n) is 4.26. The van der Waals surface area contributed by atoms with Crippen LogP contribution in [0.2, 0.25) is 0 Å². The highest BCUT2D eigenvalue weighted by Gasteiger charge is 2.23. The molecular formula is C34H41N7O8S2.